The van der Waals surface area contributed by atoms with Crippen molar-refractivity contribution in [2.75, 3.05) is 5.32 Å². The summed E-state index contributed by atoms with van der Waals surface area (Å²) in [6.07, 6.45) is 0. The summed E-state index contributed by atoms with van der Waals surface area (Å²) in [4.78, 5) is 0.333. The summed E-state index contributed by atoms with van der Waals surface area (Å²) < 4.78 is 14.3. The molecule has 0 aliphatic heterocycles. The molecule has 0 saturated carbocycles. The van der Waals surface area contributed by atoms with Gasteiger partial charge in [0.15, 0.2) is 0 Å². The maximum absolute atomic E-state index is 13.4. The molecule has 0 radical (unpaired) electrons. The van der Waals surface area contributed by atoms with Gasteiger partial charge in [-0.3, -0.25) is 0 Å². The Morgan fingerprint density at radius 2 is 1.84 bits per heavy atom. The predicted octanol–water partition coefficient (Wildman–Crippen LogP) is 4.27. The smallest absolute Gasteiger partial charge is 0.128 e. The SMILES string of the molecule is Cc1ccc(Nc2ccc(C(N)=S)c(Br)c2)cc1F. The number of thiocarbonyl (C=S) groups is 1. The number of nitrogens with two attached hydrogens (primary N) is 1. The molecule has 0 aliphatic rings. The van der Waals surface area contributed by atoms with E-state index in [1.165, 1.54) is 6.07 Å². The number of rotatable bonds is 3. The Balaban J connectivity index is 2.26. The van der Waals surface area contributed by atoms with E-state index in [0.29, 0.717) is 16.2 Å². The van der Waals surface area contributed by atoms with Gasteiger partial charge in [0.1, 0.15) is 10.8 Å². The molecule has 0 bridgehead atoms. The van der Waals surface area contributed by atoms with Crippen LogP contribution < -0.4 is 11.1 Å². The monoisotopic (exact) mass is 338 g/mol. The molecule has 0 aliphatic carbocycles. The molecule has 0 aromatic heterocycles. The molecule has 5 heteroatoms. The molecule has 98 valence electrons. The van der Waals surface area contributed by atoms with Gasteiger partial charge in [-0.15, -0.1) is 0 Å². The second kappa shape index (κ2) is 5.67. The minimum absolute atomic E-state index is 0.233. The molecule has 2 nitrogen and oxygen atoms in total. The first kappa shape index (κ1) is 14.0. The fourth-order valence-electron chi connectivity index (χ4n) is 1.63. The van der Waals surface area contributed by atoms with E-state index < -0.39 is 0 Å². The van der Waals surface area contributed by atoms with E-state index in [4.69, 9.17) is 18.0 Å². The molecule has 0 heterocycles. The third-order valence-electron chi connectivity index (χ3n) is 2.70. The molecule has 2 aromatic rings. The number of benzene rings is 2. The van der Waals surface area contributed by atoms with E-state index in [-0.39, 0.29) is 5.82 Å². The second-order valence-electron chi connectivity index (χ2n) is 4.15. The van der Waals surface area contributed by atoms with E-state index in [0.717, 1.165) is 15.7 Å². The van der Waals surface area contributed by atoms with Gasteiger partial charge in [-0.2, -0.15) is 0 Å². The quantitative estimate of drug-likeness (QED) is 0.820. The third kappa shape index (κ3) is 3.30. The number of aryl methyl sites for hydroxylation is 1. The molecular weight excluding hydrogens is 327 g/mol. The lowest BCUT2D eigenvalue weighted by Crippen LogP contribution is -2.10. The summed E-state index contributed by atoms with van der Waals surface area (Å²) >= 11 is 8.34. The zero-order valence-electron chi connectivity index (χ0n) is 10.2. The van der Waals surface area contributed by atoms with Crippen molar-refractivity contribution in [1.82, 2.24) is 0 Å². The highest BCUT2D eigenvalue weighted by Crippen LogP contribution is 2.25. The van der Waals surface area contributed by atoms with Crippen LogP contribution >= 0.6 is 28.1 Å². The second-order valence-corrected chi connectivity index (χ2v) is 5.44. The van der Waals surface area contributed by atoms with Crippen LogP contribution in [0.3, 0.4) is 0 Å². The molecule has 0 atom stereocenters. The Kier molecular flexibility index (Phi) is 4.17. The summed E-state index contributed by atoms with van der Waals surface area (Å²) in [5.74, 6) is -0.233. The van der Waals surface area contributed by atoms with Gasteiger partial charge in [0.25, 0.3) is 0 Å². The normalized spacial score (nSPS) is 10.3. The predicted molar refractivity (Wildman–Crippen MR) is 84.4 cm³/mol. The van der Waals surface area contributed by atoms with Crippen molar-refractivity contribution in [1.29, 1.82) is 0 Å². The third-order valence-corrected chi connectivity index (χ3v) is 3.57. The molecule has 0 spiro atoms. The van der Waals surface area contributed by atoms with Gasteiger partial charge in [0, 0.05) is 21.4 Å². The maximum Gasteiger partial charge on any atom is 0.128 e. The van der Waals surface area contributed by atoms with Crippen LogP contribution in [0, 0.1) is 12.7 Å². The van der Waals surface area contributed by atoms with Crippen LogP contribution in [0.4, 0.5) is 15.8 Å². The average molecular weight is 339 g/mol. The van der Waals surface area contributed by atoms with Gasteiger partial charge in [-0.1, -0.05) is 18.3 Å². The Labute approximate surface area is 124 Å². The molecular formula is C14H12BrFN2S. The number of hydrogen-bond donors (Lipinski definition) is 2. The van der Waals surface area contributed by atoms with Gasteiger partial charge >= 0.3 is 0 Å². The van der Waals surface area contributed by atoms with E-state index >= 15 is 0 Å². The van der Waals surface area contributed by atoms with Crippen molar-refractivity contribution in [2.45, 2.75) is 6.92 Å². The number of anilines is 2. The molecule has 2 rings (SSSR count). The van der Waals surface area contributed by atoms with E-state index in [1.54, 1.807) is 13.0 Å². The minimum Gasteiger partial charge on any atom is -0.389 e. The van der Waals surface area contributed by atoms with Crippen molar-refractivity contribution in [3.8, 4) is 0 Å². The Morgan fingerprint density at radius 3 is 2.42 bits per heavy atom. The van der Waals surface area contributed by atoms with Gasteiger partial charge in [-0.25, -0.2) is 4.39 Å². The van der Waals surface area contributed by atoms with Gasteiger partial charge in [-0.05, 0) is 58.7 Å². The van der Waals surface area contributed by atoms with Crippen LogP contribution in [0.15, 0.2) is 40.9 Å². The summed E-state index contributed by atoms with van der Waals surface area (Å²) in [7, 11) is 0. The summed E-state index contributed by atoms with van der Waals surface area (Å²) in [5, 5.41) is 3.12. The molecule has 0 amide bonds. The zero-order chi connectivity index (χ0) is 14.0. The number of nitrogens with one attached hydrogen (secondary N) is 1. The standard InChI is InChI=1S/C14H12BrFN2S/c1-8-2-3-10(7-13(8)16)18-9-4-5-11(14(17)19)12(15)6-9/h2-7,18H,1H3,(H2,17,19). The Bertz CT molecular complexity index is 643. The molecule has 2 aromatic carbocycles. The first-order chi connectivity index (χ1) is 8.97. The van der Waals surface area contributed by atoms with E-state index in [2.05, 4.69) is 21.2 Å². The minimum atomic E-state index is -0.233. The molecule has 3 N–H and O–H groups in total. The van der Waals surface area contributed by atoms with Gasteiger partial charge < -0.3 is 11.1 Å². The fourth-order valence-corrected chi connectivity index (χ4v) is 2.53. The maximum atomic E-state index is 13.4. The first-order valence-electron chi connectivity index (χ1n) is 5.60. The van der Waals surface area contributed by atoms with Crippen LogP contribution in [0.2, 0.25) is 0 Å². The lowest BCUT2D eigenvalue weighted by Gasteiger charge is -2.10. The van der Waals surface area contributed by atoms with E-state index in [1.807, 2.05) is 24.3 Å². The Morgan fingerprint density at radius 1 is 1.21 bits per heavy atom. The Hall–Kier alpha value is -1.46. The average Bonchev–Trinajstić information content (AvgIpc) is 2.33. The molecule has 19 heavy (non-hydrogen) atoms. The van der Waals surface area contributed by atoms with Crippen molar-refractivity contribution in [3.63, 3.8) is 0 Å². The highest BCUT2D eigenvalue weighted by atomic mass is 79.9. The summed E-state index contributed by atoms with van der Waals surface area (Å²) in [6.45, 7) is 1.73. The van der Waals surface area contributed by atoms with Crippen LogP contribution in [0.1, 0.15) is 11.1 Å². The topological polar surface area (TPSA) is 38.0 Å². The van der Waals surface area contributed by atoms with Crippen LogP contribution in [-0.4, -0.2) is 4.99 Å². The van der Waals surface area contributed by atoms with Crippen molar-refractivity contribution in [2.24, 2.45) is 5.73 Å². The van der Waals surface area contributed by atoms with Gasteiger partial charge in [0.2, 0.25) is 0 Å². The van der Waals surface area contributed by atoms with Crippen molar-refractivity contribution in [3.05, 3.63) is 57.8 Å². The number of halogens is 2. The van der Waals surface area contributed by atoms with Crippen molar-refractivity contribution < 1.29 is 4.39 Å². The highest BCUT2D eigenvalue weighted by molar-refractivity contribution is 9.10. The lowest BCUT2D eigenvalue weighted by atomic mass is 10.2. The molecule has 0 unspecified atom stereocenters. The van der Waals surface area contributed by atoms with Crippen LogP contribution in [0.5, 0.6) is 0 Å². The fraction of sp³-hybridized carbons (Fsp3) is 0.0714. The van der Waals surface area contributed by atoms with Gasteiger partial charge in [0.05, 0.1) is 0 Å². The lowest BCUT2D eigenvalue weighted by molar-refractivity contribution is 0.619. The summed E-state index contributed by atoms with van der Waals surface area (Å²) in [6, 6.07) is 10.5. The van der Waals surface area contributed by atoms with Crippen LogP contribution in [-0.2, 0) is 0 Å². The van der Waals surface area contributed by atoms with E-state index in [9.17, 15) is 4.39 Å². The molecule has 0 fully saturated rings. The molecule has 0 saturated heterocycles. The zero-order valence-corrected chi connectivity index (χ0v) is 12.6. The van der Waals surface area contributed by atoms with Crippen LogP contribution in [0.25, 0.3) is 0 Å². The summed E-state index contributed by atoms with van der Waals surface area (Å²) in [5.41, 5.74) is 8.50. The number of hydrogen-bond acceptors (Lipinski definition) is 2. The largest absolute Gasteiger partial charge is 0.389 e. The first-order valence-corrected chi connectivity index (χ1v) is 6.80. The van der Waals surface area contributed by atoms with Crippen molar-refractivity contribution >= 4 is 44.5 Å². The highest BCUT2D eigenvalue weighted by Gasteiger charge is 2.05.